The van der Waals surface area contributed by atoms with Crippen LogP contribution in [0.25, 0.3) is 0 Å². The van der Waals surface area contributed by atoms with Gasteiger partial charge in [-0.3, -0.25) is 4.79 Å². The summed E-state index contributed by atoms with van der Waals surface area (Å²) < 4.78 is 0. The van der Waals surface area contributed by atoms with Gasteiger partial charge in [-0.15, -0.1) is 0 Å². The molecule has 15 heavy (non-hydrogen) atoms. The Hall–Kier alpha value is -2.04. The first-order chi connectivity index (χ1) is 7.18. The van der Waals surface area contributed by atoms with E-state index in [1.54, 1.807) is 0 Å². The van der Waals surface area contributed by atoms with E-state index >= 15 is 0 Å². The number of amides is 1. The van der Waals surface area contributed by atoms with Gasteiger partial charge in [-0.05, 0) is 18.2 Å². The van der Waals surface area contributed by atoms with Gasteiger partial charge in [0.1, 0.15) is 0 Å². The molecule has 0 saturated heterocycles. The molecule has 0 unspecified atom stereocenters. The predicted octanol–water partition coefficient (Wildman–Crippen LogP) is 0.540. The van der Waals surface area contributed by atoms with Crippen LogP contribution in [0, 0.1) is 0 Å². The Morgan fingerprint density at radius 2 is 2.00 bits per heavy atom. The van der Waals surface area contributed by atoms with Crippen LogP contribution < -0.4 is 10.6 Å². The van der Waals surface area contributed by atoms with Crippen LogP contribution in [0.4, 0.5) is 5.69 Å². The lowest BCUT2D eigenvalue weighted by Gasteiger charge is -2.06. The van der Waals surface area contributed by atoms with Gasteiger partial charge >= 0.3 is 5.97 Å². The van der Waals surface area contributed by atoms with Crippen molar-refractivity contribution in [3.63, 3.8) is 0 Å². The van der Waals surface area contributed by atoms with Gasteiger partial charge in [0.2, 0.25) is 0 Å². The van der Waals surface area contributed by atoms with E-state index in [1.807, 2.05) is 0 Å². The second-order valence-corrected chi connectivity index (χ2v) is 3.25. The SMILES string of the molecule is O=C(O)c1ccc2c(c1)NCCNC2=O. The maximum absolute atomic E-state index is 11.5. The van der Waals surface area contributed by atoms with E-state index in [2.05, 4.69) is 10.6 Å². The smallest absolute Gasteiger partial charge is 0.335 e. The van der Waals surface area contributed by atoms with Gasteiger partial charge in [-0.2, -0.15) is 0 Å². The summed E-state index contributed by atoms with van der Waals surface area (Å²) in [5.74, 6) is -1.17. The zero-order valence-electron chi connectivity index (χ0n) is 7.91. The Kier molecular flexibility index (Phi) is 2.29. The summed E-state index contributed by atoms with van der Waals surface area (Å²) in [5, 5.41) is 14.5. The molecule has 1 heterocycles. The quantitative estimate of drug-likeness (QED) is 0.626. The highest BCUT2D eigenvalue weighted by molar-refractivity contribution is 6.02. The first-order valence-electron chi connectivity index (χ1n) is 4.58. The summed E-state index contributed by atoms with van der Waals surface area (Å²) in [6.45, 7) is 1.14. The van der Waals surface area contributed by atoms with Gasteiger partial charge in [-0.25, -0.2) is 4.79 Å². The molecule has 0 fully saturated rings. The normalized spacial score (nSPS) is 14.5. The van der Waals surface area contributed by atoms with Crippen LogP contribution >= 0.6 is 0 Å². The molecule has 5 heteroatoms. The summed E-state index contributed by atoms with van der Waals surface area (Å²) in [7, 11) is 0. The number of carboxylic acid groups (broad SMARTS) is 1. The highest BCUT2D eigenvalue weighted by Crippen LogP contribution is 2.19. The molecular formula is C10H10N2O3. The van der Waals surface area contributed by atoms with Gasteiger partial charge in [0, 0.05) is 18.8 Å². The minimum atomic E-state index is -0.996. The second kappa shape index (κ2) is 3.61. The number of rotatable bonds is 1. The summed E-state index contributed by atoms with van der Waals surface area (Å²) >= 11 is 0. The van der Waals surface area contributed by atoms with Gasteiger partial charge in [-0.1, -0.05) is 0 Å². The summed E-state index contributed by atoms with van der Waals surface area (Å²) in [4.78, 5) is 22.2. The van der Waals surface area contributed by atoms with Crippen LogP contribution in [0.3, 0.4) is 0 Å². The molecule has 0 spiro atoms. The number of hydrogen-bond acceptors (Lipinski definition) is 3. The van der Waals surface area contributed by atoms with Crippen LogP contribution in [-0.4, -0.2) is 30.1 Å². The van der Waals surface area contributed by atoms with Gasteiger partial charge in [0.05, 0.1) is 11.1 Å². The number of benzene rings is 1. The van der Waals surface area contributed by atoms with E-state index in [9.17, 15) is 9.59 Å². The molecule has 78 valence electrons. The monoisotopic (exact) mass is 206 g/mol. The second-order valence-electron chi connectivity index (χ2n) is 3.25. The molecule has 1 aromatic rings. The Bertz CT molecular complexity index is 429. The van der Waals surface area contributed by atoms with Crippen molar-refractivity contribution in [1.29, 1.82) is 0 Å². The Morgan fingerprint density at radius 1 is 1.27 bits per heavy atom. The fourth-order valence-electron chi connectivity index (χ4n) is 1.49. The van der Waals surface area contributed by atoms with Crippen LogP contribution in [-0.2, 0) is 0 Å². The zero-order valence-corrected chi connectivity index (χ0v) is 7.91. The Labute approximate surface area is 86.1 Å². The lowest BCUT2D eigenvalue weighted by Crippen LogP contribution is -2.24. The number of hydrogen-bond donors (Lipinski definition) is 3. The van der Waals surface area contributed by atoms with Crippen LogP contribution in [0.5, 0.6) is 0 Å². The molecule has 0 bridgehead atoms. The van der Waals surface area contributed by atoms with Crippen molar-refractivity contribution in [3.05, 3.63) is 29.3 Å². The standard InChI is InChI=1S/C10H10N2O3/c13-9-7-2-1-6(10(14)15)5-8(7)11-3-4-12-9/h1-2,5,11H,3-4H2,(H,12,13)(H,14,15). The first kappa shape index (κ1) is 9.51. The number of anilines is 1. The fourth-order valence-corrected chi connectivity index (χ4v) is 1.49. The fraction of sp³-hybridized carbons (Fsp3) is 0.200. The predicted molar refractivity (Wildman–Crippen MR) is 54.2 cm³/mol. The van der Waals surface area contributed by atoms with Gasteiger partial charge in [0.25, 0.3) is 5.91 Å². The number of fused-ring (bicyclic) bond motifs is 1. The topological polar surface area (TPSA) is 78.4 Å². The lowest BCUT2D eigenvalue weighted by molar-refractivity contribution is 0.0696. The van der Waals surface area contributed by atoms with E-state index in [4.69, 9.17) is 5.11 Å². The molecule has 3 N–H and O–H groups in total. The maximum Gasteiger partial charge on any atom is 0.335 e. The maximum atomic E-state index is 11.5. The number of carbonyl (C=O) groups excluding carboxylic acids is 1. The van der Waals surface area contributed by atoms with Crippen molar-refractivity contribution < 1.29 is 14.7 Å². The van der Waals surface area contributed by atoms with Gasteiger partial charge in [0.15, 0.2) is 0 Å². The van der Waals surface area contributed by atoms with Crippen LogP contribution in [0.15, 0.2) is 18.2 Å². The largest absolute Gasteiger partial charge is 0.478 e. The van der Waals surface area contributed by atoms with Gasteiger partial charge < -0.3 is 15.7 Å². The van der Waals surface area contributed by atoms with Crippen molar-refractivity contribution in [2.45, 2.75) is 0 Å². The van der Waals surface area contributed by atoms with Crippen molar-refractivity contribution in [1.82, 2.24) is 5.32 Å². The number of nitrogens with one attached hydrogen (secondary N) is 2. The van der Waals surface area contributed by atoms with E-state index in [1.165, 1.54) is 18.2 Å². The van der Waals surface area contributed by atoms with Crippen molar-refractivity contribution >= 4 is 17.6 Å². The average molecular weight is 206 g/mol. The molecule has 0 aliphatic carbocycles. The molecule has 0 aromatic heterocycles. The zero-order chi connectivity index (χ0) is 10.8. The number of carbonyl (C=O) groups is 2. The third-order valence-corrected chi connectivity index (χ3v) is 2.24. The summed E-state index contributed by atoms with van der Waals surface area (Å²) in [6.07, 6.45) is 0. The van der Waals surface area contributed by atoms with E-state index < -0.39 is 5.97 Å². The number of carboxylic acids is 1. The first-order valence-corrected chi connectivity index (χ1v) is 4.58. The van der Waals surface area contributed by atoms with Crippen molar-refractivity contribution in [2.24, 2.45) is 0 Å². The third-order valence-electron chi connectivity index (χ3n) is 2.24. The summed E-state index contributed by atoms with van der Waals surface area (Å²) in [6, 6.07) is 4.42. The molecule has 0 atom stereocenters. The highest BCUT2D eigenvalue weighted by atomic mass is 16.4. The summed E-state index contributed by atoms with van der Waals surface area (Å²) in [5.41, 5.74) is 1.23. The highest BCUT2D eigenvalue weighted by Gasteiger charge is 2.16. The van der Waals surface area contributed by atoms with Crippen molar-refractivity contribution in [2.75, 3.05) is 18.4 Å². The lowest BCUT2D eigenvalue weighted by atomic mass is 10.1. The molecular weight excluding hydrogens is 196 g/mol. The molecule has 1 amide bonds. The van der Waals surface area contributed by atoms with Crippen molar-refractivity contribution in [3.8, 4) is 0 Å². The van der Waals surface area contributed by atoms with E-state index in [0.717, 1.165) is 0 Å². The minimum absolute atomic E-state index is 0.174. The molecule has 5 nitrogen and oxygen atoms in total. The van der Waals surface area contributed by atoms with E-state index in [0.29, 0.717) is 24.3 Å². The third kappa shape index (κ3) is 1.76. The molecule has 1 aliphatic rings. The average Bonchev–Trinajstić information content (AvgIpc) is 2.40. The van der Waals surface area contributed by atoms with E-state index in [-0.39, 0.29) is 11.5 Å². The molecule has 0 saturated carbocycles. The molecule has 1 aromatic carbocycles. The number of aromatic carboxylic acids is 1. The minimum Gasteiger partial charge on any atom is -0.478 e. The van der Waals surface area contributed by atoms with Crippen LogP contribution in [0.1, 0.15) is 20.7 Å². The van der Waals surface area contributed by atoms with Crippen LogP contribution in [0.2, 0.25) is 0 Å². The Balaban J connectivity index is 2.47. The molecule has 2 rings (SSSR count). The molecule has 0 radical (unpaired) electrons. The molecule has 1 aliphatic heterocycles. The Morgan fingerprint density at radius 3 is 2.73 bits per heavy atom.